The van der Waals surface area contributed by atoms with E-state index in [2.05, 4.69) is 34.6 Å². The largest absolute Gasteiger partial charge is 0.493 e. The predicted molar refractivity (Wildman–Crippen MR) is 118 cm³/mol. The molecule has 0 spiro atoms. The maximum absolute atomic E-state index is 5.43. The number of benzene rings is 3. The summed E-state index contributed by atoms with van der Waals surface area (Å²) >= 11 is 0. The highest BCUT2D eigenvalue weighted by molar-refractivity contribution is 5.95. The van der Waals surface area contributed by atoms with Gasteiger partial charge in [0.1, 0.15) is 5.82 Å². The van der Waals surface area contributed by atoms with Gasteiger partial charge in [0, 0.05) is 12.1 Å². The zero-order chi connectivity index (χ0) is 20.9. The van der Waals surface area contributed by atoms with Crippen LogP contribution in [0.5, 0.6) is 17.2 Å². The Morgan fingerprint density at radius 3 is 2.30 bits per heavy atom. The van der Waals surface area contributed by atoms with Gasteiger partial charge >= 0.3 is 0 Å². The van der Waals surface area contributed by atoms with Crippen molar-refractivity contribution in [3.63, 3.8) is 0 Å². The van der Waals surface area contributed by atoms with E-state index in [1.54, 1.807) is 33.7 Å². The first-order valence-corrected chi connectivity index (χ1v) is 9.56. The van der Waals surface area contributed by atoms with Crippen molar-refractivity contribution < 1.29 is 14.2 Å². The second-order valence-corrected chi connectivity index (χ2v) is 6.70. The van der Waals surface area contributed by atoms with Gasteiger partial charge in [0.05, 0.1) is 39.4 Å². The number of hydrogen-bond acceptors (Lipinski definition) is 6. The maximum atomic E-state index is 5.43. The summed E-state index contributed by atoms with van der Waals surface area (Å²) in [6.45, 7) is 0.532. The minimum absolute atomic E-state index is 0.532. The summed E-state index contributed by atoms with van der Waals surface area (Å²) in [6, 6.07) is 18.3. The first-order chi connectivity index (χ1) is 14.7. The number of methoxy groups -OCH3 is 3. The minimum atomic E-state index is 0.532. The van der Waals surface area contributed by atoms with Crippen LogP contribution in [0.1, 0.15) is 5.56 Å². The van der Waals surface area contributed by atoms with Crippen molar-refractivity contribution in [2.24, 2.45) is 0 Å². The van der Waals surface area contributed by atoms with Crippen molar-refractivity contribution in [3.05, 3.63) is 72.6 Å². The molecule has 1 aromatic heterocycles. The summed E-state index contributed by atoms with van der Waals surface area (Å²) in [5.41, 5.74) is 2.85. The van der Waals surface area contributed by atoms with E-state index in [4.69, 9.17) is 19.2 Å². The fourth-order valence-electron chi connectivity index (χ4n) is 3.46. The Balaban J connectivity index is 1.60. The van der Waals surface area contributed by atoms with Crippen LogP contribution in [0.2, 0.25) is 0 Å². The van der Waals surface area contributed by atoms with E-state index in [1.165, 1.54) is 5.39 Å². The molecule has 0 aliphatic heterocycles. The Kier molecular flexibility index (Phi) is 5.66. The molecule has 0 unspecified atom stereocenters. The molecule has 6 nitrogen and oxygen atoms in total. The van der Waals surface area contributed by atoms with Crippen molar-refractivity contribution in [3.8, 4) is 28.5 Å². The lowest BCUT2D eigenvalue weighted by Crippen LogP contribution is -2.04. The highest BCUT2D eigenvalue weighted by Gasteiger charge is 2.13. The molecule has 0 aliphatic carbocycles. The summed E-state index contributed by atoms with van der Waals surface area (Å²) in [5, 5.41) is 5.66. The van der Waals surface area contributed by atoms with Crippen LogP contribution >= 0.6 is 0 Å². The van der Waals surface area contributed by atoms with Crippen LogP contribution in [0.3, 0.4) is 0 Å². The maximum Gasteiger partial charge on any atom is 0.203 e. The van der Waals surface area contributed by atoms with E-state index in [-0.39, 0.29) is 0 Å². The van der Waals surface area contributed by atoms with Crippen LogP contribution in [0, 0.1) is 0 Å². The van der Waals surface area contributed by atoms with E-state index in [1.807, 2.05) is 30.3 Å². The number of nitrogens with one attached hydrogen (secondary N) is 1. The number of ether oxygens (including phenoxy) is 3. The molecule has 0 saturated carbocycles. The molecule has 152 valence electrons. The van der Waals surface area contributed by atoms with E-state index in [0.29, 0.717) is 29.6 Å². The third-order valence-electron chi connectivity index (χ3n) is 4.90. The summed E-state index contributed by atoms with van der Waals surface area (Å²) < 4.78 is 16.2. The first-order valence-electron chi connectivity index (χ1n) is 9.56. The van der Waals surface area contributed by atoms with Gasteiger partial charge in [0.2, 0.25) is 5.75 Å². The van der Waals surface area contributed by atoms with E-state index in [0.717, 1.165) is 22.2 Å². The second kappa shape index (κ2) is 8.69. The molecule has 6 heteroatoms. The van der Waals surface area contributed by atoms with Crippen LogP contribution in [-0.4, -0.2) is 31.3 Å². The van der Waals surface area contributed by atoms with Gasteiger partial charge in [-0.1, -0.05) is 42.5 Å². The van der Waals surface area contributed by atoms with Crippen molar-refractivity contribution >= 4 is 16.6 Å². The molecule has 0 saturated heterocycles. The Morgan fingerprint density at radius 1 is 0.833 bits per heavy atom. The number of aromatic nitrogens is 2. The molecule has 0 fully saturated rings. The monoisotopic (exact) mass is 401 g/mol. The second-order valence-electron chi connectivity index (χ2n) is 6.70. The summed E-state index contributed by atoms with van der Waals surface area (Å²) in [6.07, 6.45) is 3.50. The highest BCUT2D eigenvalue weighted by Crippen LogP contribution is 2.38. The van der Waals surface area contributed by atoms with Gasteiger partial charge in [-0.05, 0) is 28.5 Å². The van der Waals surface area contributed by atoms with E-state index >= 15 is 0 Å². The average molecular weight is 401 g/mol. The Hall–Kier alpha value is -3.80. The highest BCUT2D eigenvalue weighted by atomic mass is 16.5. The van der Waals surface area contributed by atoms with Gasteiger partial charge in [0.25, 0.3) is 0 Å². The molecular formula is C24H23N3O3. The molecule has 1 N–H and O–H groups in total. The van der Waals surface area contributed by atoms with Crippen molar-refractivity contribution in [1.29, 1.82) is 0 Å². The van der Waals surface area contributed by atoms with Crippen molar-refractivity contribution in [1.82, 2.24) is 9.97 Å². The van der Waals surface area contributed by atoms with Crippen LogP contribution in [-0.2, 0) is 6.54 Å². The predicted octanol–water partition coefficient (Wildman–Crippen LogP) is 4.93. The van der Waals surface area contributed by atoms with Gasteiger partial charge in [-0.25, -0.2) is 4.98 Å². The summed E-state index contributed by atoms with van der Waals surface area (Å²) in [4.78, 5) is 9.15. The SMILES string of the molecule is COc1cc(CNc2cncc(-c3cccc4ccccc34)n2)cc(OC)c1OC. The quantitative estimate of drug-likeness (QED) is 0.473. The fourth-order valence-corrected chi connectivity index (χ4v) is 3.46. The molecular weight excluding hydrogens is 378 g/mol. The molecule has 4 aromatic rings. The number of rotatable bonds is 7. The average Bonchev–Trinajstić information content (AvgIpc) is 2.81. The van der Waals surface area contributed by atoms with Crippen molar-refractivity contribution in [2.45, 2.75) is 6.54 Å². The molecule has 0 radical (unpaired) electrons. The molecule has 0 atom stereocenters. The van der Waals surface area contributed by atoms with Gasteiger partial charge in [-0.2, -0.15) is 0 Å². The number of hydrogen-bond donors (Lipinski definition) is 1. The fraction of sp³-hybridized carbons (Fsp3) is 0.167. The third kappa shape index (κ3) is 3.85. The summed E-state index contributed by atoms with van der Waals surface area (Å²) in [5.74, 6) is 2.49. The number of fused-ring (bicyclic) bond motifs is 1. The van der Waals surface area contributed by atoms with E-state index < -0.39 is 0 Å². The lowest BCUT2D eigenvalue weighted by atomic mass is 10.0. The molecule has 0 amide bonds. The standard InChI is InChI=1S/C24H23N3O3/c1-28-21-11-16(12-22(29-2)24(21)30-3)13-26-23-15-25-14-20(27-23)19-10-6-8-17-7-4-5-9-18(17)19/h4-12,14-15H,13H2,1-3H3,(H,26,27). The zero-order valence-electron chi connectivity index (χ0n) is 17.2. The molecule has 0 aliphatic rings. The summed E-state index contributed by atoms with van der Waals surface area (Å²) in [7, 11) is 4.80. The van der Waals surface area contributed by atoms with Crippen LogP contribution in [0.25, 0.3) is 22.0 Å². The van der Waals surface area contributed by atoms with Gasteiger partial charge in [0.15, 0.2) is 11.5 Å². The third-order valence-corrected chi connectivity index (χ3v) is 4.90. The molecule has 0 bridgehead atoms. The lowest BCUT2D eigenvalue weighted by molar-refractivity contribution is 0.324. The minimum Gasteiger partial charge on any atom is -0.493 e. The van der Waals surface area contributed by atoms with Crippen LogP contribution < -0.4 is 19.5 Å². The number of anilines is 1. The lowest BCUT2D eigenvalue weighted by Gasteiger charge is -2.15. The van der Waals surface area contributed by atoms with Crippen LogP contribution in [0.15, 0.2) is 67.0 Å². The van der Waals surface area contributed by atoms with Gasteiger partial charge in [-0.15, -0.1) is 0 Å². The smallest absolute Gasteiger partial charge is 0.203 e. The van der Waals surface area contributed by atoms with Crippen molar-refractivity contribution in [2.75, 3.05) is 26.6 Å². The molecule has 4 rings (SSSR count). The Bertz CT molecular complexity index is 1150. The molecule has 30 heavy (non-hydrogen) atoms. The molecule has 3 aromatic carbocycles. The van der Waals surface area contributed by atoms with Gasteiger partial charge < -0.3 is 19.5 Å². The Labute approximate surface area is 175 Å². The van der Waals surface area contributed by atoms with E-state index in [9.17, 15) is 0 Å². The zero-order valence-corrected chi connectivity index (χ0v) is 17.2. The number of nitrogens with zero attached hydrogens (tertiary/aromatic N) is 2. The normalized spacial score (nSPS) is 10.6. The first kappa shape index (κ1) is 19.5. The topological polar surface area (TPSA) is 65.5 Å². The van der Waals surface area contributed by atoms with Gasteiger partial charge in [-0.3, -0.25) is 4.98 Å². The van der Waals surface area contributed by atoms with Crippen LogP contribution in [0.4, 0.5) is 5.82 Å². The molecule has 1 heterocycles. The Morgan fingerprint density at radius 2 is 1.57 bits per heavy atom.